The van der Waals surface area contributed by atoms with Gasteiger partial charge in [-0.2, -0.15) is 0 Å². The standard InChI is InChI=1S/C9H18N2O4/c1-4-10-9(2,3)8(15)11-6(5-12)7(13)14/h6,10,12H,4-5H2,1-3H3,(H,11,15)(H,13,14)/t6-/m0/s1. The maximum Gasteiger partial charge on any atom is 0.328 e. The molecule has 88 valence electrons. The number of aliphatic hydroxyl groups excluding tert-OH is 1. The van der Waals surface area contributed by atoms with E-state index < -0.39 is 30.1 Å². The molecule has 4 N–H and O–H groups in total. The molecule has 1 amide bonds. The van der Waals surface area contributed by atoms with E-state index in [1.807, 2.05) is 6.92 Å². The first kappa shape index (κ1) is 13.9. The van der Waals surface area contributed by atoms with Crippen molar-refractivity contribution in [3.63, 3.8) is 0 Å². The molecule has 1 atom stereocenters. The Balaban J connectivity index is 4.40. The first-order chi connectivity index (χ1) is 6.85. The molecule has 0 aromatic heterocycles. The number of nitrogens with one attached hydrogen (secondary N) is 2. The molecule has 15 heavy (non-hydrogen) atoms. The lowest BCUT2D eigenvalue weighted by molar-refractivity contribution is -0.143. The van der Waals surface area contributed by atoms with Crippen LogP contribution in [0.2, 0.25) is 0 Å². The summed E-state index contributed by atoms with van der Waals surface area (Å²) in [5.74, 6) is -1.70. The van der Waals surface area contributed by atoms with Crippen LogP contribution < -0.4 is 10.6 Å². The van der Waals surface area contributed by atoms with E-state index in [0.29, 0.717) is 6.54 Å². The number of aliphatic hydroxyl groups is 1. The summed E-state index contributed by atoms with van der Waals surface area (Å²) in [5.41, 5.74) is -0.850. The molecule has 0 aromatic rings. The molecule has 0 heterocycles. The molecule has 0 aliphatic rings. The highest BCUT2D eigenvalue weighted by Gasteiger charge is 2.29. The van der Waals surface area contributed by atoms with Crippen LogP contribution in [0.3, 0.4) is 0 Å². The molecule has 0 unspecified atom stereocenters. The molecule has 0 saturated heterocycles. The predicted octanol–water partition coefficient (Wildman–Crippen LogP) is -1.06. The van der Waals surface area contributed by atoms with Gasteiger partial charge in [0.25, 0.3) is 0 Å². The van der Waals surface area contributed by atoms with Crippen LogP contribution in [-0.2, 0) is 9.59 Å². The van der Waals surface area contributed by atoms with Crippen molar-refractivity contribution < 1.29 is 19.8 Å². The minimum Gasteiger partial charge on any atom is -0.480 e. The Bertz CT molecular complexity index is 240. The molecule has 0 bridgehead atoms. The van der Waals surface area contributed by atoms with Crippen molar-refractivity contribution >= 4 is 11.9 Å². The summed E-state index contributed by atoms with van der Waals surface area (Å²) in [5, 5.41) is 22.5. The molecule has 6 heteroatoms. The van der Waals surface area contributed by atoms with Gasteiger partial charge in [-0.15, -0.1) is 0 Å². The summed E-state index contributed by atoms with van der Waals surface area (Å²) < 4.78 is 0. The van der Waals surface area contributed by atoms with Gasteiger partial charge >= 0.3 is 5.97 Å². The Morgan fingerprint density at radius 1 is 1.40 bits per heavy atom. The summed E-state index contributed by atoms with van der Waals surface area (Å²) in [6.45, 7) is 5.10. The highest BCUT2D eigenvalue weighted by atomic mass is 16.4. The van der Waals surface area contributed by atoms with E-state index in [1.54, 1.807) is 13.8 Å². The van der Waals surface area contributed by atoms with Crippen molar-refractivity contribution in [2.75, 3.05) is 13.2 Å². The van der Waals surface area contributed by atoms with Crippen LogP contribution in [0.25, 0.3) is 0 Å². The smallest absolute Gasteiger partial charge is 0.328 e. The average molecular weight is 218 g/mol. The Labute approximate surface area is 88.7 Å². The van der Waals surface area contributed by atoms with Gasteiger partial charge in [0.15, 0.2) is 0 Å². The quantitative estimate of drug-likeness (QED) is 0.455. The SMILES string of the molecule is CCNC(C)(C)C(=O)N[C@@H](CO)C(=O)O. The second-order valence-electron chi connectivity index (χ2n) is 3.70. The molecular formula is C9H18N2O4. The monoisotopic (exact) mass is 218 g/mol. The topological polar surface area (TPSA) is 98.7 Å². The molecule has 0 aromatic carbocycles. The number of carbonyl (C=O) groups excluding carboxylic acids is 1. The Morgan fingerprint density at radius 2 is 1.93 bits per heavy atom. The van der Waals surface area contributed by atoms with E-state index in [9.17, 15) is 9.59 Å². The van der Waals surface area contributed by atoms with Gasteiger partial charge in [-0.3, -0.25) is 4.79 Å². The maximum absolute atomic E-state index is 11.6. The average Bonchev–Trinajstić information content (AvgIpc) is 2.12. The molecule has 0 radical (unpaired) electrons. The number of aliphatic carboxylic acids is 1. The Hall–Kier alpha value is -1.14. The number of hydrogen-bond donors (Lipinski definition) is 4. The normalized spacial score (nSPS) is 13.3. The fourth-order valence-electron chi connectivity index (χ4n) is 1.05. The number of amides is 1. The second-order valence-corrected chi connectivity index (χ2v) is 3.70. The third-order valence-corrected chi connectivity index (χ3v) is 1.97. The van der Waals surface area contributed by atoms with Gasteiger partial charge in [-0.1, -0.05) is 6.92 Å². The fraction of sp³-hybridized carbons (Fsp3) is 0.778. The van der Waals surface area contributed by atoms with E-state index >= 15 is 0 Å². The summed E-state index contributed by atoms with van der Waals surface area (Å²) in [4.78, 5) is 22.1. The van der Waals surface area contributed by atoms with Crippen LogP contribution in [0.1, 0.15) is 20.8 Å². The molecule has 0 aliphatic heterocycles. The van der Waals surface area contributed by atoms with Crippen LogP contribution in [0.5, 0.6) is 0 Å². The van der Waals surface area contributed by atoms with Crippen molar-refractivity contribution in [1.29, 1.82) is 0 Å². The first-order valence-electron chi connectivity index (χ1n) is 4.74. The van der Waals surface area contributed by atoms with Gasteiger partial charge in [0.1, 0.15) is 6.04 Å². The van der Waals surface area contributed by atoms with E-state index in [0.717, 1.165) is 0 Å². The van der Waals surface area contributed by atoms with Crippen LogP contribution in [0.15, 0.2) is 0 Å². The summed E-state index contributed by atoms with van der Waals surface area (Å²) in [6.07, 6.45) is 0. The predicted molar refractivity (Wildman–Crippen MR) is 54.4 cm³/mol. The number of carboxylic acids is 1. The maximum atomic E-state index is 11.6. The van der Waals surface area contributed by atoms with Gasteiger partial charge < -0.3 is 20.8 Å². The number of carbonyl (C=O) groups is 2. The van der Waals surface area contributed by atoms with Crippen LogP contribution in [-0.4, -0.2) is 46.8 Å². The summed E-state index contributed by atoms with van der Waals surface area (Å²) in [7, 11) is 0. The largest absolute Gasteiger partial charge is 0.480 e. The highest BCUT2D eigenvalue weighted by molar-refractivity contribution is 5.89. The van der Waals surface area contributed by atoms with Crippen LogP contribution >= 0.6 is 0 Å². The van der Waals surface area contributed by atoms with Crippen molar-refractivity contribution in [3.8, 4) is 0 Å². The number of hydrogen-bond acceptors (Lipinski definition) is 4. The Morgan fingerprint density at radius 3 is 2.27 bits per heavy atom. The van der Waals surface area contributed by atoms with Gasteiger partial charge in [0, 0.05) is 0 Å². The lowest BCUT2D eigenvalue weighted by Gasteiger charge is -2.26. The molecule has 0 rings (SSSR count). The van der Waals surface area contributed by atoms with E-state index in [-0.39, 0.29) is 0 Å². The zero-order chi connectivity index (χ0) is 12.1. The fourth-order valence-corrected chi connectivity index (χ4v) is 1.05. The molecule has 0 fully saturated rings. The van der Waals surface area contributed by atoms with E-state index in [1.165, 1.54) is 0 Å². The van der Waals surface area contributed by atoms with Crippen LogP contribution in [0, 0.1) is 0 Å². The zero-order valence-electron chi connectivity index (χ0n) is 9.20. The van der Waals surface area contributed by atoms with Gasteiger partial charge in [-0.05, 0) is 20.4 Å². The Kier molecular flexibility index (Phi) is 5.24. The third-order valence-electron chi connectivity index (χ3n) is 1.97. The van der Waals surface area contributed by atoms with E-state index in [2.05, 4.69) is 10.6 Å². The van der Waals surface area contributed by atoms with Crippen molar-refractivity contribution in [1.82, 2.24) is 10.6 Å². The van der Waals surface area contributed by atoms with Crippen molar-refractivity contribution in [3.05, 3.63) is 0 Å². The number of rotatable bonds is 6. The second kappa shape index (κ2) is 5.67. The van der Waals surface area contributed by atoms with Gasteiger partial charge in [-0.25, -0.2) is 4.79 Å². The minimum absolute atomic E-state index is 0.453. The molecule has 0 aliphatic carbocycles. The lowest BCUT2D eigenvalue weighted by Crippen LogP contribution is -2.57. The summed E-state index contributed by atoms with van der Waals surface area (Å²) >= 11 is 0. The minimum atomic E-state index is -1.25. The van der Waals surface area contributed by atoms with Gasteiger partial charge in [0.05, 0.1) is 12.1 Å². The third kappa shape index (κ3) is 4.26. The molecular weight excluding hydrogens is 200 g/mol. The number of likely N-dealkylation sites (N-methyl/N-ethyl adjacent to an activating group) is 1. The van der Waals surface area contributed by atoms with Crippen molar-refractivity contribution in [2.24, 2.45) is 0 Å². The van der Waals surface area contributed by atoms with E-state index in [4.69, 9.17) is 10.2 Å². The molecule has 6 nitrogen and oxygen atoms in total. The molecule has 0 spiro atoms. The number of carboxylic acid groups (broad SMARTS) is 1. The lowest BCUT2D eigenvalue weighted by atomic mass is 10.0. The molecule has 0 saturated carbocycles. The summed E-state index contributed by atoms with van der Waals surface area (Å²) in [6, 6.07) is -1.25. The highest BCUT2D eigenvalue weighted by Crippen LogP contribution is 2.02. The van der Waals surface area contributed by atoms with Crippen molar-refractivity contribution in [2.45, 2.75) is 32.4 Å². The first-order valence-corrected chi connectivity index (χ1v) is 4.74. The van der Waals surface area contributed by atoms with Gasteiger partial charge in [0.2, 0.25) is 5.91 Å². The zero-order valence-corrected chi connectivity index (χ0v) is 9.20. The van der Waals surface area contributed by atoms with Crippen LogP contribution in [0.4, 0.5) is 0 Å².